The van der Waals surface area contributed by atoms with E-state index in [1.807, 2.05) is 42.5 Å². The van der Waals surface area contributed by atoms with Gasteiger partial charge in [0.1, 0.15) is 5.75 Å². The number of rotatable bonds is 8. The van der Waals surface area contributed by atoms with Crippen LogP contribution in [0.3, 0.4) is 0 Å². The summed E-state index contributed by atoms with van der Waals surface area (Å²) in [5.74, 6) is 0.534. The average Bonchev–Trinajstić information content (AvgIpc) is 2.59. The standard InChI is InChI=1S/C21H24ClNO3/c1-15(19-7-2-3-8-20(19)22)23-12-17(13-23)14-26-18-6-4-5-16(11-18)9-10-21(24)25/h2-8,11,15,17H,9-10,12-14H2,1H3,(H,24,25). The second-order valence-electron chi connectivity index (χ2n) is 6.87. The number of halogens is 1. The number of nitrogens with zero attached hydrogens (tertiary/aromatic N) is 1. The van der Waals surface area contributed by atoms with Gasteiger partial charge in [0.25, 0.3) is 0 Å². The van der Waals surface area contributed by atoms with E-state index >= 15 is 0 Å². The van der Waals surface area contributed by atoms with E-state index in [0.29, 0.717) is 25.0 Å². The van der Waals surface area contributed by atoms with Crippen LogP contribution in [0.25, 0.3) is 0 Å². The van der Waals surface area contributed by atoms with Gasteiger partial charge in [-0.2, -0.15) is 0 Å². The molecule has 0 amide bonds. The molecule has 0 aliphatic carbocycles. The van der Waals surface area contributed by atoms with Gasteiger partial charge in [-0.05, 0) is 42.7 Å². The van der Waals surface area contributed by atoms with Crippen molar-refractivity contribution in [3.63, 3.8) is 0 Å². The SMILES string of the molecule is CC(c1ccccc1Cl)N1CC(COc2cccc(CCC(=O)O)c2)C1. The number of hydrogen-bond acceptors (Lipinski definition) is 3. The average molecular weight is 374 g/mol. The van der Waals surface area contributed by atoms with Crippen molar-refractivity contribution in [2.75, 3.05) is 19.7 Å². The molecule has 1 N–H and O–H groups in total. The van der Waals surface area contributed by atoms with Gasteiger partial charge in [-0.25, -0.2) is 0 Å². The monoisotopic (exact) mass is 373 g/mol. The summed E-state index contributed by atoms with van der Waals surface area (Å²) in [6.45, 7) is 4.84. The highest BCUT2D eigenvalue weighted by Crippen LogP contribution is 2.32. The molecule has 5 heteroatoms. The van der Waals surface area contributed by atoms with Crippen molar-refractivity contribution in [3.8, 4) is 5.75 Å². The summed E-state index contributed by atoms with van der Waals surface area (Å²) < 4.78 is 5.91. The van der Waals surface area contributed by atoms with Gasteiger partial charge in [0.05, 0.1) is 6.61 Å². The van der Waals surface area contributed by atoms with Crippen molar-refractivity contribution in [2.24, 2.45) is 5.92 Å². The predicted octanol–water partition coefficient (Wildman–Crippen LogP) is 4.43. The molecule has 1 unspecified atom stereocenters. The van der Waals surface area contributed by atoms with Crippen LogP contribution in [0.15, 0.2) is 48.5 Å². The molecule has 138 valence electrons. The molecule has 4 nitrogen and oxygen atoms in total. The zero-order chi connectivity index (χ0) is 18.5. The lowest BCUT2D eigenvalue weighted by Gasteiger charge is -2.43. The molecule has 1 saturated heterocycles. The van der Waals surface area contributed by atoms with Gasteiger partial charge in [-0.3, -0.25) is 9.69 Å². The first-order chi connectivity index (χ1) is 12.5. The van der Waals surface area contributed by atoms with Gasteiger partial charge < -0.3 is 9.84 Å². The highest BCUT2D eigenvalue weighted by atomic mass is 35.5. The summed E-state index contributed by atoms with van der Waals surface area (Å²) >= 11 is 6.29. The third-order valence-electron chi connectivity index (χ3n) is 4.90. The van der Waals surface area contributed by atoms with Gasteiger partial charge in [0, 0.05) is 36.5 Å². The maximum absolute atomic E-state index is 10.7. The molecule has 1 fully saturated rings. The molecule has 2 aromatic rings. The summed E-state index contributed by atoms with van der Waals surface area (Å²) in [6.07, 6.45) is 0.667. The van der Waals surface area contributed by atoms with Crippen LogP contribution < -0.4 is 4.74 Å². The minimum Gasteiger partial charge on any atom is -0.493 e. The molecule has 1 atom stereocenters. The number of aliphatic carboxylic acids is 1. The Balaban J connectivity index is 1.46. The van der Waals surface area contributed by atoms with Crippen LogP contribution in [0, 0.1) is 5.92 Å². The third-order valence-corrected chi connectivity index (χ3v) is 5.24. The molecule has 0 saturated carbocycles. The summed E-state index contributed by atoms with van der Waals surface area (Å²) in [4.78, 5) is 13.1. The number of carboxylic acids is 1. The number of benzene rings is 2. The minimum atomic E-state index is -0.779. The van der Waals surface area contributed by atoms with E-state index in [1.165, 1.54) is 5.56 Å². The Bertz CT molecular complexity index is 758. The third kappa shape index (κ3) is 4.77. The van der Waals surface area contributed by atoms with Gasteiger partial charge >= 0.3 is 5.97 Å². The van der Waals surface area contributed by atoms with E-state index in [-0.39, 0.29) is 6.42 Å². The van der Waals surface area contributed by atoms with Crippen LogP contribution in [-0.4, -0.2) is 35.7 Å². The molecule has 0 bridgehead atoms. The fraction of sp³-hybridized carbons (Fsp3) is 0.381. The van der Waals surface area contributed by atoms with E-state index in [1.54, 1.807) is 0 Å². The highest BCUT2D eigenvalue weighted by Gasteiger charge is 2.31. The van der Waals surface area contributed by atoms with E-state index in [9.17, 15) is 4.79 Å². The Kier molecular flexibility index (Phi) is 6.17. The second kappa shape index (κ2) is 8.56. The maximum Gasteiger partial charge on any atom is 0.303 e. The first-order valence-corrected chi connectivity index (χ1v) is 9.32. The van der Waals surface area contributed by atoms with Crippen molar-refractivity contribution in [2.45, 2.75) is 25.8 Å². The predicted molar refractivity (Wildman–Crippen MR) is 103 cm³/mol. The summed E-state index contributed by atoms with van der Waals surface area (Å²) in [7, 11) is 0. The van der Waals surface area contributed by atoms with Crippen molar-refractivity contribution >= 4 is 17.6 Å². The van der Waals surface area contributed by atoms with Crippen LogP contribution in [0.1, 0.15) is 30.5 Å². The molecular weight excluding hydrogens is 350 g/mol. The first kappa shape index (κ1) is 18.7. The summed E-state index contributed by atoms with van der Waals surface area (Å²) in [5, 5.41) is 9.60. The normalized spacial score (nSPS) is 16.1. The van der Waals surface area contributed by atoms with Crippen molar-refractivity contribution in [1.82, 2.24) is 4.90 Å². The molecule has 1 aliphatic rings. The quantitative estimate of drug-likeness (QED) is 0.743. The second-order valence-corrected chi connectivity index (χ2v) is 7.28. The van der Waals surface area contributed by atoms with Crippen LogP contribution in [-0.2, 0) is 11.2 Å². The van der Waals surface area contributed by atoms with Crippen LogP contribution in [0.5, 0.6) is 5.75 Å². The zero-order valence-corrected chi connectivity index (χ0v) is 15.7. The smallest absolute Gasteiger partial charge is 0.303 e. The van der Waals surface area contributed by atoms with Gasteiger partial charge in [0.15, 0.2) is 0 Å². The molecule has 1 heterocycles. The number of aryl methyl sites for hydroxylation is 1. The largest absolute Gasteiger partial charge is 0.493 e. The fourth-order valence-electron chi connectivity index (χ4n) is 3.30. The molecule has 1 aliphatic heterocycles. The van der Waals surface area contributed by atoms with Crippen LogP contribution in [0.4, 0.5) is 0 Å². The fourth-order valence-corrected chi connectivity index (χ4v) is 3.59. The number of ether oxygens (including phenoxy) is 1. The number of carboxylic acid groups (broad SMARTS) is 1. The summed E-state index contributed by atoms with van der Waals surface area (Å²) in [5.41, 5.74) is 2.16. The maximum atomic E-state index is 10.7. The van der Waals surface area contributed by atoms with Gasteiger partial charge in [-0.15, -0.1) is 0 Å². The van der Waals surface area contributed by atoms with Crippen molar-refractivity contribution < 1.29 is 14.6 Å². The molecule has 0 radical (unpaired) electrons. The Labute approximate surface area is 159 Å². The highest BCUT2D eigenvalue weighted by molar-refractivity contribution is 6.31. The number of hydrogen-bond donors (Lipinski definition) is 1. The molecule has 3 rings (SSSR count). The summed E-state index contributed by atoms with van der Waals surface area (Å²) in [6, 6.07) is 16.0. The Morgan fingerprint density at radius 3 is 2.77 bits per heavy atom. The van der Waals surface area contributed by atoms with E-state index < -0.39 is 5.97 Å². The molecule has 2 aromatic carbocycles. The van der Waals surface area contributed by atoms with Crippen molar-refractivity contribution in [3.05, 3.63) is 64.7 Å². The number of carbonyl (C=O) groups is 1. The lowest BCUT2D eigenvalue weighted by atomic mass is 9.96. The Hall–Kier alpha value is -2.04. The molecule has 0 aromatic heterocycles. The first-order valence-electron chi connectivity index (χ1n) is 8.95. The van der Waals surface area contributed by atoms with E-state index in [4.69, 9.17) is 21.4 Å². The van der Waals surface area contributed by atoms with Gasteiger partial charge in [0.2, 0.25) is 0 Å². The van der Waals surface area contributed by atoms with Gasteiger partial charge in [-0.1, -0.05) is 41.9 Å². The zero-order valence-electron chi connectivity index (χ0n) is 14.9. The topological polar surface area (TPSA) is 49.8 Å². The van der Waals surface area contributed by atoms with Crippen LogP contribution >= 0.6 is 11.6 Å². The van der Waals surface area contributed by atoms with Crippen LogP contribution in [0.2, 0.25) is 5.02 Å². The van der Waals surface area contributed by atoms with Crippen molar-refractivity contribution in [1.29, 1.82) is 0 Å². The minimum absolute atomic E-state index is 0.140. The Morgan fingerprint density at radius 1 is 1.27 bits per heavy atom. The van der Waals surface area contributed by atoms with E-state index in [0.717, 1.165) is 29.4 Å². The molecular formula is C21H24ClNO3. The lowest BCUT2D eigenvalue weighted by molar-refractivity contribution is -0.136. The van der Waals surface area contributed by atoms with E-state index in [2.05, 4.69) is 17.9 Å². The molecule has 26 heavy (non-hydrogen) atoms. The lowest BCUT2D eigenvalue weighted by Crippen LogP contribution is -2.50. The Morgan fingerprint density at radius 2 is 2.04 bits per heavy atom. The molecule has 0 spiro atoms. The number of likely N-dealkylation sites (tertiary alicyclic amines) is 1.